The highest BCUT2D eigenvalue weighted by molar-refractivity contribution is 7.14. The van der Waals surface area contributed by atoms with Gasteiger partial charge in [-0.3, -0.25) is 4.79 Å². The van der Waals surface area contributed by atoms with Gasteiger partial charge in [0.2, 0.25) is 5.91 Å². The Labute approximate surface area is 152 Å². The fraction of sp³-hybridized carbons (Fsp3) is 0.474. The summed E-state index contributed by atoms with van der Waals surface area (Å²) in [6, 6.07) is 4.33. The summed E-state index contributed by atoms with van der Waals surface area (Å²) < 4.78 is 5.37. The zero-order valence-corrected chi connectivity index (χ0v) is 15.8. The molecular formula is C19H25N3O2S. The summed E-state index contributed by atoms with van der Waals surface area (Å²) in [5.74, 6) is -0.0454. The van der Waals surface area contributed by atoms with Crippen molar-refractivity contribution in [2.24, 2.45) is 11.1 Å². The van der Waals surface area contributed by atoms with Gasteiger partial charge >= 0.3 is 0 Å². The summed E-state index contributed by atoms with van der Waals surface area (Å²) in [5.41, 5.74) is 11.1. The van der Waals surface area contributed by atoms with Gasteiger partial charge in [0.1, 0.15) is 0 Å². The molecule has 1 fully saturated rings. The average molecular weight is 359 g/mol. The number of benzene rings is 1. The molecule has 134 valence electrons. The van der Waals surface area contributed by atoms with Gasteiger partial charge in [0.25, 0.3) is 0 Å². The normalized spacial score (nSPS) is 16.6. The summed E-state index contributed by atoms with van der Waals surface area (Å²) in [6.07, 6.45) is 1.31. The SMILES string of the molecule is Cc1cc(C)c(-c2csc(NC(=O)C3(CN)CCOCC3)n2)cc1C. The van der Waals surface area contributed by atoms with Crippen molar-refractivity contribution in [3.05, 3.63) is 34.2 Å². The molecule has 1 aliphatic heterocycles. The smallest absolute Gasteiger partial charge is 0.233 e. The number of carbonyl (C=O) groups is 1. The second-order valence-electron chi connectivity index (χ2n) is 6.84. The van der Waals surface area contributed by atoms with Crippen molar-refractivity contribution in [1.82, 2.24) is 4.98 Å². The topological polar surface area (TPSA) is 77.2 Å². The van der Waals surface area contributed by atoms with Crippen molar-refractivity contribution < 1.29 is 9.53 Å². The number of hydrogen-bond donors (Lipinski definition) is 2. The number of nitrogens with one attached hydrogen (secondary N) is 1. The van der Waals surface area contributed by atoms with Crippen LogP contribution in [0.15, 0.2) is 17.5 Å². The minimum absolute atomic E-state index is 0.0454. The Balaban J connectivity index is 1.80. The first-order chi connectivity index (χ1) is 11.9. The van der Waals surface area contributed by atoms with Crippen LogP contribution in [0.1, 0.15) is 29.5 Å². The molecule has 0 saturated carbocycles. The maximum absolute atomic E-state index is 12.8. The van der Waals surface area contributed by atoms with Crippen molar-refractivity contribution in [2.75, 3.05) is 25.1 Å². The van der Waals surface area contributed by atoms with E-state index in [4.69, 9.17) is 10.5 Å². The minimum atomic E-state index is -0.541. The first kappa shape index (κ1) is 18.0. The number of nitrogens with zero attached hydrogens (tertiary/aromatic N) is 1. The lowest BCUT2D eigenvalue weighted by molar-refractivity contribution is -0.130. The molecule has 3 rings (SSSR count). The number of carbonyl (C=O) groups excluding carboxylic acids is 1. The van der Waals surface area contributed by atoms with E-state index in [1.807, 2.05) is 5.38 Å². The van der Waals surface area contributed by atoms with Gasteiger partial charge in [-0.15, -0.1) is 11.3 Å². The van der Waals surface area contributed by atoms with Gasteiger partial charge in [-0.25, -0.2) is 4.98 Å². The summed E-state index contributed by atoms with van der Waals surface area (Å²) in [7, 11) is 0. The average Bonchev–Trinajstić information content (AvgIpc) is 3.06. The van der Waals surface area contributed by atoms with Crippen LogP contribution in [0.2, 0.25) is 0 Å². The van der Waals surface area contributed by atoms with E-state index in [0.717, 1.165) is 11.3 Å². The molecule has 1 aromatic carbocycles. The first-order valence-corrected chi connectivity index (χ1v) is 9.46. The van der Waals surface area contributed by atoms with E-state index in [2.05, 4.69) is 43.2 Å². The Morgan fingerprint density at radius 1 is 1.24 bits per heavy atom. The van der Waals surface area contributed by atoms with Crippen LogP contribution in [0.3, 0.4) is 0 Å². The lowest BCUT2D eigenvalue weighted by atomic mass is 9.79. The van der Waals surface area contributed by atoms with Gasteiger partial charge in [0, 0.05) is 30.7 Å². The van der Waals surface area contributed by atoms with Crippen molar-refractivity contribution in [1.29, 1.82) is 0 Å². The monoisotopic (exact) mass is 359 g/mol. The molecular weight excluding hydrogens is 334 g/mol. The van der Waals surface area contributed by atoms with Crippen molar-refractivity contribution in [3.63, 3.8) is 0 Å². The zero-order chi connectivity index (χ0) is 18.0. The number of thiazole rings is 1. The Bertz CT molecular complexity index is 779. The van der Waals surface area contributed by atoms with Crippen molar-refractivity contribution >= 4 is 22.4 Å². The fourth-order valence-corrected chi connectivity index (χ4v) is 3.91. The zero-order valence-electron chi connectivity index (χ0n) is 15.0. The quantitative estimate of drug-likeness (QED) is 0.877. The van der Waals surface area contributed by atoms with Crippen LogP contribution in [0.4, 0.5) is 5.13 Å². The van der Waals surface area contributed by atoms with Crippen LogP contribution >= 0.6 is 11.3 Å². The number of rotatable bonds is 4. The third kappa shape index (κ3) is 3.61. The number of hydrogen-bond acceptors (Lipinski definition) is 5. The molecule has 0 spiro atoms. The number of anilines is 1. The van der Waals surface area contributed by atoms with E-state index in [0.29, 0.717) is 37.7 Å². The number of nitrogens with two attached hydrogens (primary N) is 1. The molecule has 25 heavy (non-hydrogen) atoms. The summed E-state index contributed by atoms with van der Waals surface area (Å²) in [4.78, 5) is 17.4. The highest BCUT2D eigenvalue weighted by atomic mass is 32.1. The van der Waals surface area contributed by atoms with E-state index in [1.165, 1.54) is 28.0 Å². The molecule has 3 N–H and O–H groups in total. The number of amides is 1. The van der Waals surface area contributed by atoms with E-state index in [1.54, 1.807) is 0 Å². The first-order valence-electron chi connectivity index (χ1n) is 8.58. The molecule has 1 saturated heterocycles. The van der Waals surface area contributed by atoms with Gasteiger partial charge < -0.3 is 15.8 Å². The van der Waals surface area contributed by atoms with Crippen LogP contribution in [-0.4, -0.2) is 30.6 Å². The Hall–Kier alpha value is -1.76. The van der Waals surface area contributed by atoms with Gasteiger partial charge in [-0.2, -0.15) is 0 Å². The van der Waals surface area contributed by atoms with Crippen LogP contribution in [0, 0.1) is 26.2 Å². The second kappa shape index (κ2) is 7.23. The predicted octanol–water partition coefficient (Wildman–Crippen LogP) is 3.43. The van der Waals surface area contributed by atoms with E-state index in [-0.39, 0.29) is 5.91 Å². The van der Waals surface area contributed by atoms with E-state index < -0.39 is 5.41 Å². The lowest BCUT2D eigenvalue weighted by Gasteiger charge is -2.34. The minimum Gasteiger partial charge on any atom is -0.381 e. The van der Waals surface area contributed by atoms with Gasteiger partial charge in [0.15, 0.2) is 5.13 Å². The highest BCUT2D eigenvalue weighted by Gasteiger charge is 2.39. The number of ether oxygens (including phenoxy) is 1. The molecule has 2 heterocycles. The Morgan fingerprint density at radius 3 is 2.60 bits per heavy atom. The molecule has 1 aliphatic rings. The van der Waals surface area contributed by atoms with E-state index in [9.17, 15) is 4.79 Å². The molecule has 0 aliphatic carbocycles. The summed E-state index contributed by atoms with van der Waals surface area (Å²) in [6.45, 7) is 7.79. The molecule has 5 nitrogen and oxygen atoms in total. The number of aryl methyl sites for hydroxylation is 3. The van der Waals surface area contributed by atoms with E-state index >= 15 is 0 Å². The summed E-state index contributed by atoms with van der Waals surface area (Å²) in [5, 5.41) is 5.59. The molecule has 1 amide bonds. The summed E-state index contributed by atoms with van der Waals surface area (Å²) >= 11 is 1.45. The largest absolute Gasteiger partial charge is 0.381 e. The van der Waals surface area contributed by atoms with Gasteiger partial charge in [-0.05, 0) is 56.4 Å². The van der Waals surface area contributed by atoms with Crippen LogP contribution in [0.25, 0.3) is 11.3 Å². The molecule has 0 atom stereocenters. The maximum Gasteiger partial charge on any atom is 0.233 e. The highest BCUT2D eigenvalue weighted by Crippen LogP contribution is 2.33. The lowest BCUT2D eigenvalue weighted by Crippen LogP contribution is -2.46. The predicted molar refractivity (Wildman–Crippen MR) is 102 cm³/mol. The van der Waals surface area contributed by atoms with Crippen LogP contribution in [0.5, 0.6) is 0 Å². The molecule has 1 aromatic heterocycles. The third-order valence-electron chi connectivity index (χ3n) is 5.16. The Kier molecular flexibility index (Phi) is 5.22. The maximum atomic E-state index is 12.8. The molecule has 2 aromatic rings. The third-order valence-corrected chi connectivity index (χ3v) is 5.92. The van der Waals surface area contributed by atoms with Crippen molar-refractivity contribution in [3.8, 4) is 11.3 Å². The molecule has 6 heteroatoms. The second-order valence-corrected chi connectivity index (χ2v) is 7.70. The fourth-order valence-electron chi connectivity index (χ4n) is 3.21. The number of aromatic nitrogens is 1. The van der Waals surface area contributed by atoms with Crippen molar-refractivity contribution in [2.45, 2.75) is 33.6 Å². The molecule has 0 bridgehead atoms. The van der Waals surface area contributed by atoms with Crippen LogP contribution in [-0.2, 0) is 9.53 Å². The van der Waals surface area contributed by atoms with Gasteiger partial charge in [-0.1, -0.05) is 6.07 Å². The molecule has 0 radical (unpaired) electrons. The standard InChI is InChI=1S/C19H25N3O2S/c1-12-8-14(3)15(9-13(12)2)16-10-25-18(21-16)22-17(23)19(11-20)4-6-24-7-5-19/h8-10H,4-7,11,20H2,1-3H3,(H,21,22,23). The Morgan fingerprint density at radius 2 is 1.92 bits per heavy atom. The molecule has 0 unspecified atom stereocenters. The van der Waals surface area contributed by atoms with Crippen LogP contribution < -0.4 is 11.1 Å². The van der Waals surface area contributed by atoms with Gasteiger partial charge in [0.05, 0.1) is 11.1 Å².